The summed E-state index contributed by atoms with van der Waals surface area (Å²) in [5.74, 6) is 0.145. The number of carbonyl (C=O) groups is 1. The number of amides is 1. The Morgan fingerprint density at radius 3 is 2.61 bits per heavy atom. The smallest absolute Gasteiger partial charge is 0.258 e. The molecule has 8 heteroatoms. The van der Waals surface area contributed by atoms with Gasteiger partial charge in [-0.2, -0.15) is 0 Å². The maximum absolute atomic E-state index is 12.9. The SMILES string of the molecule is COc1ccc(Cl)cc1S(=O)(=O)NCc1ccc2c(c1)N(C(=O)c1ccccc1)CC2. The molecular weight excluding hydrogens is 436 g/mol. The summed E-state index contributed by atoms with van der Waals surface area (Å²) < 4.78 is 33.4. The van der Waals surface area contributed by atoms with Crippen LogP contribution in [0.3, 0.4) is 0 Å². The van der Waals surface area contributed by atoms with Crippen molar-refractivity contribution in [3.8, 4) is 5.75 Å². The standard InChI is InChI=1S/C23H21ClN2O4S/c1-30-21-10-9-19(24)14-22(21)31(28,29)25-15-16-7-8-17-11-12-26(20(17)13-16)23(27)18-5-3-2-4-6-18/h2-10,13-14,25H,11-12,15H2,1H3. The molecule has 0 spiro atoms. The van der Waals surface area contributed by atoms with E-state index in [0.717, 1.165) is 23.2 Å². The van der Waals surface area contributed by atoms with Gasteiger partial charge < -0.3 is 9.64 Å². The lowest BCUT2D eigenvalue weighted by Crippen LogP contribution is -2.29. The normalized spacial score (nSPS) is 13.2. The first-order chi connectivity index (χ1) is 14.9. The Labute approximate surface area is 186 Å². The number of hydrogen-bond donors (Lipinski definition) is 1. The minimum absolute atomic E-state index is 0.0236. The van der Waals surface area contributed by atoms with E-state index in [4.69, 9.17) is 16.3 Å². The number of nitrogens with one attached hydrogen (secondary N) is 1. The van der Waals surface area contributed by atoms with E-state index in [1.165, 1.54) is 19.2 Å². The summed E-state index contributed by atoms with van der Waals surface area (Å²) in [5.41, 5.74) is 3.24. The molecule has 1 aliphatic heterocycles. The number of methoxy groups -OCH3 is 1. The molecule has 0 saturated heterocycles. The van der Waals surface area contributed by atoms with Gasteiger partial charge in [0.2, 0.25) is 10.0 Å². The fourth-order valence-electron chi connectivity index (χ4n) is 3.60. The highest BCUT2D eigenvalue weighted by molar-refractivity contribution is 7.89. The summed E-state index contributed by atoms with van der Waals surface area (Å²) in [7, 11) is -2.45. The summed E-state index contributed by atoms with van der Waals surface area (Å²) in [6, 6.07) is 19.2. The molecule has 31 heavy (non-hydrogen) atoms. The van der Waals surface area contributed by atoms with Crippen molar-refractivity contribution in [2.24, 2.45) is 0 Å². The molecule has 0 bridgehead atoms. The second kappa shape index (κ2) is 8.70. The van der Waals surface area contributed by atoms with E-state index in [9.17, 15) is 13.2 Å². The Morgan fingerprint density at radius 1 is 1.10 bits per heavy atom. The molecule has 0 atom stereocenters. The average Bonchev–Trinajstić information content (AvgIpc) is 3.21. The number of hydrogen-bond acceptors (Lipinski definition) is 4. The number of sulfonamides is 1. The van der Waals surface area contributed by atoms with E-state index >= 15 is 0 Å². The van der Waals surface area contributed by atoms with Crippen LogP contribution in [0.5, 0.6) is 5.75 Å². The zero-order valence-corrected chi connectivity index (χ0v) is 18.4. The van der Waals surface area contributed by atoms with E-state index in [-0.39, 0.29) is 23.1 Å². The third kappa shape index (κ3) is 4.44. The molecule has 6 nitrogen and oxygen atoms in total. The highest BCUT2D eigenvalue weighted by atomic mass is 35.5. The Hall–Kier alpha value is -2.87. The van der Waals surface area contributed by atoms with Crippen LogP contribution in [-0.4, -0.2) is 28.0 Å². The fraction of sp³-hybridized carbons (Fsp3) is 0.174. The molecule has 0 saturated carbocycles. The molecule has 0 radical (unpaired) electrons. The fourth-order valence-corrected chi connectivity index (χ4v) is 5.05. The number of halogens is 1. The lowest BCUT2D eigenvalue weighted by Gasteiger charge is -2.18. The highest BCUT2D eigenvalue weighted by Crippen LogP contribution is 2.31. The number of rotatable bonds is 6. The third-order valence-corrected chi connectivity index (χ3v) is 6.85. The summed E-state index contributed by atoms with van der Waals surface area (Å²) >= 11 is 5.97. The summed E-state index contributed by atoms with van der Waals surface area (Å²) in [5, 5.41) is 0.300. The molecule has 3 aromatic carbocycles. The van der Waals surface area contributed by atoms with Crippen LogP contribution in [0.25, 0.3) is 0 Å². The molecule has 0 unspecified atom stereocenters. The molecule has 4 rings (SSSR count). The van der Waals surface area contributed by atoms with Crippen molar-refractivity contribution in [1.29, 1.82) is 0 Å². The van der Waals surface area contributed by atoms with Gasteiger partial charge in [0, 0.05) is 29.4 Å². The van der Waals surface area contributed by atoms with Crippen LogP contribution >= 0.6 is 11.6 Å². The van der Waals surface area contributed by atoms with Crippen molar-refractivity contribution >= 4 is 33.2 Å². The topological polar surface area (TPSA) is 75.7 Å². The number of fused-ring (bicyclic) bond motifs is 1. The van der Waals surface area contributed by atoms with Crippen molar-refractivity contribution in [3.63, 3.8) is 0 Å². The predicted octanol–water partition coefficient (Wildman–Crippen LogP) is 4.03. The predicted molar refractivity (Wildman–Crippen MR) is 120 cm³/mol. The van der Waals surface area contributed by atoms with Crippen LogP contribution < -0.4 is 14.4 Å². The van der Waals surface area contributed by atoms with Gasteiger partial charge in [-0.3, -0.25) is 4.79 Å². The molecular formula is C23H21ClN2O4S. The average molecular weight is 457 g/mol. The minimum Gasteiger partial charge on any atom is -0.495 e. The van der Waals surface area contributed by atoms with Crippen molar-refractivity contribution in [3.05, 3.63) is 88.4 Å². The Balaban J connectivity index is 1.55. The van der Waals surface area contributed by atoms with Gasteiger partial charge in [-0.25, -0.2) is 13.1 Å². The van der Waals surface area contributed by atoms with E-state index in [1.807, 2.05) is 36.4 Å². The first-order valence-electron chi connectivity index (χ1n) is 9.71. The number of nitrogens with zero attached hydrogens (tertiary/aromatic N) is 1. The minimum atomic E-state index is -3.85. The van der Waals surface area contributed by atoms with Crippen molar-refractivity contribution < 1.29 is 17.9 Å². The van der Waals surface area contributed by atoms with Crippen LogP contribution in [0.2, 0.25) is 5.02 Å². The first kappa shape index (κ1) is 21.4. The number of ether oxygens (including phenoxy) is 1. The van der Waals surface area contributed by atoms with Crippen LogP contribution in [0.4, 0.5) is 5.69 Å². The number of anilines is 1. The highest BCUT2D eigenvalue weighted by Gasteiger charge is 2.26. The van der Waals surface area contributed by atoms with Crippen molar-refractivity contribution in [2.75, 3.05) is 18.6 Å². The lowest BCUT2D eigenvalue weighted by molar-refractivity contribution is 0.0989. The third-order valence-electron chi connectivity index (χ3n) is 5.19. The molecule has 1 N–H and O–H groups in total. The Bertz CT molecular complexity index is 1230. The van der Waals surface area contributed by atoms with Gasteiger partial charge in [0.05, 0.1) is 7.11 Å². The Kier molecular flexibility index (Phi) is 6.00. The molecule has 0 aliphatic carbocycles. The molecule has 0 aromatic heterocycles. The van der Waals surface area contributed by atoms with Crippen molar-refractivity contribution in [2.45, 2.75) is 17.9 Å². The molecule has 0 fully saturated rings. The first-order valence-corrected chi connectivity index (χ1v) is 11.6. The second-order valence-corrected chi connectivity index (χ2v) is 9.33. The van der Waals surface area contributed by atoms with Crippen LogP contribution in [-0.2, 0) is 23.0 Å². The molecule has 1 aliphatic rings. The maximum Gasteiger partial charge on any atom is 0.258 e. The van der Waals surface area contributed by atoms with E-state index < -0.39 is 10.0 Å². The van der Waals surface area contributed by atoms with Gasteiger partial charge in [-0.1, -0.05) is 41.9 Å². The monoisotopic (exact) mass is 456 g/mol. The summed E-state index contributed by atoms with van der Waals surface area (Å²) in [6.07, 6.45) is 0.764. The molecule has 3 aromatic rings. The van der Waals surface area contributed by atoms with Crippen LogP contribution in [0.15, 0.2) is 71.6 Å². The molecule has 160 valence electrons. The van der Waals surface area contributed by atoms with Gasteiger partial charge in [-0.05, 0) is 53.9 Å². The molecule has 1 heterocycles. The summed E-state index contributed by atoms with van der Waals surface area (Å²) in [6.45, 7) is 0.663. The van der Waals surface area contributed by atoms with E-state index in [1.54, 1.807) is 23.1 Å². The van der Waals surface area contributed by atoms with E-state index in [2.05, 4.69) is 4.72 Å². The maximum atomic E-state index is 12.9. The van der Waals surface area contributed by atoms with Gasteiger partial charge >= 0.3 is 0 Å². The number of carbonyl (C=O) groups excluding carboxylic acids is 1. The quantitative estimate of drug-likeness (QED) is 0.607. The largest absolute Gasteiger partial charge is 0.495 e. The van der Waals surface area contributed by atoms with Gasteiger partial charge in [-0.15, -0.1) is 0 Å². The van der Waals surface area contributed by atoms with Crippen LogP contribution in [0.1, 0.15) is 21.5 Å². The van der Waals surface area contributed by atoms with Crippen molar-refractivity contribution in [1.82, 2.24) is 4.72 Å². The van der Waals surface area contributed by atoms with Crippen LogP contribution in [0, 0.1) is 0 Å². The van der Waals surface area contributed by atoms with Gasteiger partial charge in [0.15, 0.2) is 0 Å². The molecule has 1 amide bonds. The van der Waals surface area contributed by atoms with Gasteiger partial charge in [0.25, 0.3) is 5.91 Å². The second-order valence-electron chi connectivity index (χ2n) is 7.16. The zero-order chi connectivity index (χ0) is 22.0. The number of benzene rings is 3. The zero-order valence-electron chi connectivity index (χ0n) is 16.8. The summed E-state index contributed by atoms with van der Waals surface area (Å²) in [4.78, 5) is 14.6. The lowest BCUT2D eigenvalue weighted by atomic mass is 10.1. The van der Waals surface area contributed by atoms with E-state index in [0.29, 0.717) is 17.1 Å². The van der Waals surface area contributed by atoms with Gasteiger partial charge in [0.1, 0.15) is 10.6 Å². The Morgan fingerprint density at radius 2 is 1.87 bits per heavy atom.